The molecule has 0 spiro atoms. The number of hydrogen-bond donors (Lipinski definition) is 2. The summed E-state index contributed by atoms with van der Waals surface area (Å²) in [6, 6.07) is 14.1. The molecule has 2 amide bonds. The number of benzene rings is 3. The van der Waals surface area contributed by atoms with E-state index in [1.54, 1.807) is 0 Å². The summed E-state index contributed by atoms with van der Waals surface area (Å²) in [6.45, 7) is 3.80. The fourth-order valence-electron chi connectivity index (χ4n) is 6.63. The second-order valence-corrected chi connectivity index (χ2v) is 11.3. The first-order valence-corrected chi connectivity index (χ1v) is 14.4. The molecule has 9 heteroatoms. The van der Waals surface area contributed by atoms with Crippen LogP contribution in [0.2, 0.25) is 0 Å². The van der Waals surface area contributed by atoms with E-state index in [1.165, 1.54) is 11.1 Å². The Morgan fingerprint density at radius 2 is 1.90 bits per heavy atom. The van der Waals surface area contributed by atoms with Gasteiger partial charge in [-0.25, -0.2) is 0 Å². The Morgan fingerprint density at radius 3 is 2.67 bits per heavy atom. The number of ether oxygens (including phenoxy) is 1. The van der Waals surface area contributed by atoms with Gasteiger partial charge in [0.2, 0.25) is 0 Å². The summed E-state index contributed by atoms with van der Waals surface area (Å²) in [5.41, 5.74) is 10.6. The molecule has 9 nitrogen and oxygen atoms in total. The van der Waals surface area contributed by atoms with Gasteiger partial charge in [-0.15, -0.1) is 0 Å². The number of carbonyl (C=O) groups is 2. The van der Waals surface area contributed by atoms with Crippen LogP contribution in [0.4, 0.5) is 5.69 Å². The Morgan fingerprint density at radius 1 is 1.10 bits per heavy atom. The molecule has 0 bridgehead atoms. The summed E-state index contributed by atoms with van der Waals surface area (Å²) in [6.07, 6.45) is 3.71. The first-order chi connectivity index (χ1) is 20.3. The van der Waals surface area contributed by atoms with Gasteiger partial charge in [0.15, 0.2) is 6.61 Å². The third kappa shape index (κ3) is 4.10. The smallest absolute Gasteiger partial charge is 0.258 e. The van der Waals surface area contributed by atoms with E-state index in [-0.39, 0.29) is 18.4 Å². The van der Waals surface area contributed by atoms with Gasteiger partial charge in [-0.05, 0) is 66.8 Å². The number of nitrogens with zero attached hydrogens (tertiary/aromatic N) is 4. The predicted molar refractivity (Wildman–Crippen MR) is 164 cm³/mol. The fourth-order valence-corrected chi connectivity index (χ4v) is 6.63. The van der Waals surface area contributed by atoms with E-state index in [9.17, 15) is 9.59 Å². The monoisotopic (exact) mass is 562 g/mol. The van der Waals surface area contributed by atoms with Gasteiger partial charge in [0.05, 0.1) is 16.8 Å². The van der Waals surface area contributed by atoms with E-state index in [2.05, 4.69) is 33.3 Å². The standard InChI is InChI=1S/C33H34N6O3/c1-5-39-27-13-10-21(42-18-28(40)34-15-19-6-8-20(9-7-19)37(2)3)14-23(27)30-24-16-35-33(41)31(24)29-22(32(30)39)11-12-26-25(29)17-38(4)36-26/h6-10,13-14,17H,5,11-12,15-16,18H2,1-4H3,(H,34,40)(H,35,41). The summed E-state index contributed by atoms with van der Waals surface area (Å²) >= 11 is 0. The Labute approximate surface area is 244 Å². The predicted octanol–water partition coefficient (Wildman–Crippen LogP) is 4.32. The van der Waals surface area contributed by atoms with Gasteiger partial charge in [0.1, 0.15) is 5.75 Å². The summed E-state index contributed by atoms with van der Waals surface area (Å²) in [4.78, 5) is 27.9. The van der Waals surface area contributed by atoms with Crippen molar-refractivity contribution in [2.45, 2.75) is 39.4 Å². The van der Waals surface area contributed by atoms with Crippen LogP contribution in [0, 0.1) is 0 Å². The highest BCUT2D eigenvalue weighted by Gasteiger charge is 2.35. The molecular weight excluding hydrogens is 528 g/mol. The van der Waals surface area contributed by atoms with Gasteiger partial charge in [-0.2, -0.15) is 5.10 Å². The highest BCUT2D eigenvalue weighted by atomic mass is 16.5. The highest BCUT2D eigenvalue weighted by molar-refractivity contribution is 6.19. The first-order valence-electron chi connectivity index (χ1n) is 14.4. The first kappa shape index (κ1) is 26.1. The number of nitrogens with one attached hydrogen (secondary N) is 2. The molecule has 0 atom stereocenters. The summed E-state index contributed by atoms with van der Waals surface area (Å²) < 4.78 is 10.2. The lowest BCUT2D eigenvalue weighted by Crippen LogP contribution is -2.28. The molecular formula is C33H34N6O3. The maximum atomic E-state index is 13.2. The third-order valence-corrected chi connectivity index (χ3v) is 8.54. The number of aromatic nitrogens is 3. The maximum absolute atomic E-state index is 13.2. The molecule has 2 N–H and O–H groups in total. The van der Waals surface area contributed by atoms with Crippen LogP contribution in [-0.4, -0.2) is 46.9 Å². The Kier molecular flexibility index (Phi) is 6.18. The molecule has 214 valence electrons. The third-order valence-electron chi connectivity index (χ3n) is 8.54. The van der Waals surface area contributed by atoms with Crippen molar-refractivity contribution >= 4 is 39.3 Å². The zero-order valence-electron chi connectivity index (χ0n) is 24.4. The van der Waals surface area contributed by atoms with Crippen LogP contribution >= 0.6 is 0 Å². The minimum atomic E-state index is -0.181. The van der Waals surface area contributed by atoms with Crippen LogP contribution in [-0.2, 0) is 44.3 Å². The van der Waals surface area contributed by atoms with Crippen molar-refractivity contribution in [1.82, 2.24) is 25.0 Å². The maximum Gasteiger partial charge on any atom is 0.258 e. The van der Waals surface area contributed by atoms with Crippen molar-refractivity contribution in [2.75, 3.05) is 25.6 Å². The van der Waals surface area contributed by atoms with Crippen LogP contribution < -0.4 is 20.3 Å². The van der Waals surface area contributed by atoms with Gasteiger partial charge >= 0.3 is 0 Å². The zero-order valence-corrected chi connectivity index (χ0v) is 24.4. The zero-order chi connectivity index (χ0) is 29.1. The molecule has 0 unspecified atom stereocenters. The van der Waals surface area contributed by atoms with E-state index in [0.29, 0.717) is 18.8 Å². The topological polar surface area (TPSA) is 93.4 Å². The lowest BCUT2D eigenvalue weighted by atomic mass is 9.82. The van der Waals surface area contributed by atoms with Gasteiger partial charge in [-0.3, -0.25) is 14.3 Å². The van der Waals surface area contributed by atoms with E-state index in [0.717, 1.165) is 74.9 Å². The van der Waals surface area contributed by atoms with Crippen LogP contribution in [0.5, 0.6) is 5.75 Å². The van der Waals surface area contributed by atoms with Gasteiger partial charge in [0.25, 0.3) is 11.8 Å². The minimum Gasteiger partial charge on any atom is -0.484 e. The molecule has 1 aliphatic heterocycles. The van der Waals surface area contributed by atoms with Gasteiger partial charge in [-0.1, -0.05) is 12.1 Å². The molecule has 0 saturated heterocycles. The van der Waals surface area contributed by atoms with Crippen molar-refractivity contribution in [3.05, 3.63) is 76.6 Å². The molecule has 7 rings (SSSR count). The summed E-state index contributed by atoms with van der Waals surface area (Å²) in [5, 5.41) is 12.9. The lowest BCUT2D eigenvalue weighted by Gasteiger charge is -2.21. The van der Waals surface area contributed by atoms with Crippen molar-refractivity contribution in [3.8, 4) is 16.9 Å². The largest absolute Gasteiger partial charge is 0.484 e. The number of carbonyl (C=O) groups excluding carboxylic acids is 2. The Hall–Kier alpha value is -4.79. The van der Waals surface area contributed by atoms with Crippen molar-refractivity contribution in [3.63, 3.8) is 0 Å². The molecule has 0 saturated carbocycles. The minimum absolute atomic E-state index is 0.0299. The van der Waals surface area contributed by atoms with Gasteiger partial charge < -0.3 is 24.8 Å². The number of fused-ring (bicyclic) bond motifs is 10. The van der Waals surface area contributed by atoms with Crippen molar-refractivity contribution < 1.29 is 14.3 Å². The molecule has 3 aromatic carbocycles. The number of rotatable bonds is 7. The Balaban J connectivity index is 1.22. The van der Waals surface area contributed by atoms with Crippen molar-refractivity contribution in [1.29, 1.82) is 0 Å². The van der Waals surface area contributed by atoms with Crippen molar-refractivity contribution in [2.24, 2.45) is 7.05 Å². The fraction of sp³-hybridized carbons (Fsp3) is 0.303. The normalized spacial score (nSPS) is 13.6. The number of amides is 2. The molecule has 5 aromatic rings. The van der Waals surface area contributed by atoms with Gasteiger partial charge in [0, 0.05) is 80.1 Å². The molecule has 42 heavy (non-hydrogen) atoms. The highest BCUT2D eigenvalue weighted by Crippen LogP contribution is 2.47. The SMILES string of the molecule is CCn1c2ccc(OCC(=O)NCc3ccc(N(C)C)cc3)cc2c2c3c(c4c(c21)CCc1nn(C)cc1-4)C(=O)NC3. The van der Waals surface area contributed by atoms with Crippen LogP contribution in [0.1, 0.15) is 39.7 Å². The van der Waals surface area contributed by atoms with Crippen LogP contribution in [0.15, 0.2) is 48.7 Å². The van der Waals surface area contributed by atoms with Crippen LogP contribution in [0.25, 0.3) is 32.9 Å². The average Bonchev–Trinajstić information content (AvgIpc) is 3.66. The lowest BCUT2D eigenvalue weighted by molar-refractivity contribution is -0.123. The molecule has 1 aliphatic carbocycles. The average molecular weight is 563 g/mol. The second-order valence-electron chi connectivity index (χ2n) is 11.3. The molecule has 2 aliphatic rings. The van der Waals surface area contributed by atoms with E-state index < -0.39 is 0 Å². The number of hydrogen-bond acceptors (Lipinski definition) is 5. The molecule has 2 aromatic heterocycles. The molecule has 0 radical (unpaired) electrons. The number of aryl methyl sites for hydroxylation is 4. The van der Waals surface area contributed by atoms with Crippen LogP contribution in [0.3, 0.4) is 0 Å². The summed E-state index contributed by atoms with van der Waals surface area (Å²) in [5.74, 6) is 0.416. The van der Waals surface area contributed by atoms with E-state index in [4.69, 9.17) is 4.74 Å². The van der Waals surface area contributed by atoms with E-state index >= 15 is 0 Å². The summed E-state index contributed by atoms with van der Waals surface area (Å²) in [7, 11) is 5.93. The Bertz CT molecular complexity index is 1900. The molecule has 0 fully saturated rings. The second kappa shape index (κ2) is 9.94. The number of anilines is 1. The van der Waals surface area contributed by atoms with E-state index in [1.807, 2.05) is 73.3 Å². The molecule has 3 heterocycles. The quantitative estimate of drug-likeness (QED) is 0.308.